The van der Waals surface area contributed by atoms with Crippen LogP contribution in [-0.2, 0) is 10.9 Å². The number of anilines is 1. The summed E-state index contributed by atoms with van der Waals surface area (Å²) in [6, 6.07) is 2.22. The molecule has 4 rings (SSSR count). The van der Waals surface area contributed by atoms with E-state index in [9.17, 15) is 8.42 Å². The van der Waals surface area contributed by atoms with Gasteiger partial charge >= 0.3 is 0 Å². The number of thiol groups is 1. The molecule has 1 aliphatic heterocycles. The van der Waals surface area contributed by atoms with Crippen LogP contribution in [0.1, 0.15) is 24.8 Å². The van der Waals surface area contributed by atoms with Gasteiger partial charge in [0.15, 0.2) is 5.82 Å². The molecule has 1 N–H and O–H groups in total. The Bertz CT molecular complexity index is 851. The van der Waals surface area contributed by atoms with Crippen molar-refractivity contribution in [1.82, 2.24) is 24.4 Å². The van der Waals surface area contributed by atoms with E-state index in [1.54, 1.807) is 4.52 Å². The van der Waals surface area contributed by atoms with Crippen molar-refractivity contribution < 1.29 is 8.42 Å². The monoisotopic (exact) mass is 384 g/mol. The maximum Gasteiger partial charge on any atom is 0.216 e. The first-order valence-electron chi connectivity index (χ1n) is 8.44. The molecule has 0 unspecified atom stereocenters. The molecule has 2 aromatic heterocycles. The third-order valence-corrected chi connectivity index (χ3v) is 5.77. The molecule has 0 spiro atoms. The average molecular weight is 385 g/mol. The van der Waals surface area contributed by atoms with E-state index in [1.165, 1.54) is 10.7 Å². The molecule has 0 amide bonds. The number of hydrogen-bond acceptors (Lipinski definition) is 6. The number of fused-ring (bicyclic) bond motifs is 1. The van der Waals surface area contributed by atoms with Gasteiger partial charge in [-0.15, -0.1) is 4.41 Å². The Labute approximate surface area is 152 Å². The molecule has 2 aliphatic rings. The highest BCUT2D eigenvalue weighted by atomic mass is 35.5. The smallest absolute Gasteiger partial charge is 0.216 e. The fourth-order valence-electron chi connectivity index (χ4n) is 3.24. The van der Waals surface area contributed by atoms with Crippen molar-refractivity contribution in [3.8, 4) is 0 Å². The molecular formula is C15H21ClN6O2S. The summed E-state index contributed by atoms with van der Waals surface area (Å²) in [5.74, 6) is 1.35. The van der Waals surface area contributed by atoms with Gasteiger partial charge < -0.3 is 4.90 Å². The molecule has 3 heterocycles. The molecule has 0 bridgehead atoms. The maximum absolute atomic E-state index is 11.3. The van der Waals surface area contributed by atoms with Gasteiger partial charge in [0.25, 0.3) is 0 Å². The third-order valence-electron chi connectivity index (χ3n) is 4.79. The Morgan fingerprint density at radius 1 is 1.40 bits per heavy atom. The summed E-state index contributed by atoms with van der Waals surface area (Å²) in [4.78, 5) is 6.62. The number of rotatable bonds is 7. The second kappa shape index (κ2) is 6.71. The Kier molecular flexibility index (Phi) is 4.57. The highest BCUT2D eigenvalue weighted by molar-refractivity contribution is 7.69. The van der Waals surface area contributed by atoms with Crippen LogP contribution in [0.3, 0.4) is 0 Å². The fraction of sp³-hybridized carbons (Fsp3) is 0.600. The standard InChI is InChI=1S/C15H21ClN6O2S/c1-10-6-13(16)22-14(10)15(17-9-18-22)20-7-11(8-20)4-5-21(25(23)24)19-12-2-3-12/h6,9,11-12,19,25H,2-5,7-8H2,1H3. The lowest BCUT2D eigenvalue weighted by Crippen LogP contribution is -2.49. The Balaban J connectivity index is 1.37. The Morgan fingerprint density at radius 2 is 2.16 bits per heavy atom. The summed E-state index contributed by atoms with van der Waals surface area (Å²) < 4.78 is 25.7. The fourth-order valence-corrected chi connectivity index (χ4v) is 4.07. The zero-order valence-corrected chi connectivity index (χ0v) is 15.6. The number of aromatic nitrogens is 3. The van der Waals surface area contributed by atoms with Crippen LogP contribution < -0.4 is 10.3 Å². The van der Waals surface area contributed by atoms with E-state index >= 15 is 0 Å². The van der Waals surface area contributed by atoms with E-state index in [2.05, 4.69) is 20.4 Å². The zero-order chi connectivity index (χ0) is 17.6. The quantitative estimate of drug-likeness (QED) is 0.547. The summed E-state index contributed by atoms with van der Waals surface area (Å²) in [6.45, 7) is 4.24. The summed E-state index contributed by atoms with van der Waals surface area (Å²) in [7, 11) is -2.58. The van der Waals surface area contributed by atoms with Crippen molar-refractivity contribution in [3.63, 3.8) is 0 Å². The minimum absolute atomic E-state index is 0.335. The molecule has 2 fully saturated rings. The first kappa shape index (κ1) is 17.0. The molecule has 2 aromatic rings. The van der Waals surface area contributed by atoms with E-state index in [-0.39, 0.29) is 0 Å². The van der Waals surface area contributed by atoms with Crippen molar-refractivity contribution in [2.75, 3.05) is 24.5 Å². The van der Waals surface area contributed by atoms with E-state index in [1.807, 2.05) is 13.0 Å². The number of hydrazine groups is 1. The van der Waals surface area contributed by atoms with E-state index in [0.29, 0.717) is 23.7 Å². The number of halogens is 1. The largest absolute Gasteiger partial charge is 0.354 e. The SMILES string of the molecule is Cc1cc(Cl)n2ncnc(N3CC(CCN(NC4CC4)[SH](=O)=O)C3)c12. The van der Waals surface area contributed by atoms with Gasteiger partial charge in [-0.3, -0.25) is 0 Å². The second-order valence-electron chi connectivity index (χ2n) is 6.82. The highest BCUT2D eigenvalue weighted by Gasteiger charge is 2.31. The van der Waals surface area contributed by atoms with Gasteiger partial charge in [-0.1, -0.05) is 11.6 Å². The summed E-state index contributed by atoms with van der Waals surface area (Å²) in [6.07, 6.45) is 4.46. The van der Waals surface area contributed by atoms with Gasteiger partial charge in [-0.05, 0) is 43.7 Å². The van der Waals surface area contributed by atoms with Crippen LogP contribution in [0.2, 0.25) is 5.15 Å². The van der Waals surface area contributed by atoms with Gasteiger partial charge in [-0.2, -0.15) is 5.10 Å². The zero-order valence-electron chi connectivity index (χ0n) is 13.9. The predicted molar refractivity (Wildman–Crippen MR) is 96.2 cm³/mol. The van der Waals surface area contributed by atoms with Crippen LogP contribution in [-0.4, -0.2) is 53.1 Å². The van der Waals surface area contributed by atoms with Crippen LogP contribution in [0.25, 0.3) is 5.52 Å². The van der Waals surface area contributed by atoms with Crippen molar-refractivity contribution in [2.24, 2.45) is 5.92 Å². The van der Waals surface area contributed by atoms with Gasteiger partial charge in [0.2, 0.25) is 10.9 Å². The van der Waals surface area contributed by atoms with Crippen LogP contribution in [0.5, 0.6) is 0 Å². The van der Waals surface area contributed by atoms with Crippen LogP contribution in [0, 0.1) is 12.8 Å². The lowest BCUT2D eigenvalue weighted by molar-refractivity contribution is 0.275. The van der Waals surface area contributed by atoms with Crippen molar-refractivity contribution in [1.29, 1.82) is 0 Å². The summed E-state index contributed by atoms with van der Waals surface area (Å²) in [5.41, 5.74) is 5.04. The number of nitrogens with one attached hydrogen (secondary N) is 1. The molecule has 1 aliphatic carbocycles. The first-order chi connectivity index (χ1) is 12.0. The van der Waals surface area contributed by atoms with Crippen molar-refractivity contribution >= 4 is 33.8 Å². The Morgan fingerprint density at radius 3 is 2.84 bits per heavy atom. The highest BCUT2D eigenvalue weighted by Crippen LogP contribution is 2.32. The first-order valence-corrected chi connectivity index (χ1v) is 9.95. The molecule has 1 saturated carbocycles. The average Bonchev–Trinajstić information content (AvgIpc) is 3.30. The molecule has 1 saturated heterocycles. The van der Waals surface area contributed by atoms with Gasteiger partial charge in [-0.25, -0.2) is 23.3 Å². The van der Waals surface area contributed by atoms with E-state index in [0.717, 1.165) is 49.2 Å². The third kappa shape index (κ3) is 3.46. The minimum Gasteiger partial charge on any atom is -0.354 e. The summed E-state index contributed by atoms with van der Waals surface area (Å²) >= 11 is 6.19. The molecule has 0 radical (unpaired) electrons. The minimum atomic E-state index is -2.58. The van der Waals surface area contributed by atoms with Crippen molar-refractivity contribution in [2.45, 2.75) is 32.2 Å². The topological polar surface area (TPSA) is 82.8 Å². The number of aryl methyl sites for hydroxylation is 1. The summed E-state index contributed by atoms with van der Waals surface area (Å²) in [5, 5.41) is 4.78. The molecular weight excluding hydrogens is 364 g/mol. The van der Waals surface area contributed by atoms with Gasteiger partial charge in [0, 0.05) is 25.7 Å². The molecule has 25 heavy (non-hydrogen) atoms. The van der Waals surface area contributed by atoms with Gasteiger partial charge in [0.05, 0.1) is 0 Å². The predicted octanol–water partition coefficient (Wildman–Crippen LogP) is 1.01. The molecule has 10 heteroatoms. The molecule has 0 atom stereocenters. The lowest BCUT2D eigenvalue weighted by atomic mass is 9.96. The lowest BCUT2D eigenvalue weighted by Gasteiger charge is -2.40. The normalized spacial score (nSPS) is 18.5. The number of hydrogen-bond donors (Lipinski definition) is 2. The van der Waals surface area contributed by atoms with Crippen LogP contribution in [0.15, 0.2) is 12.4 Å². The van der Waals surface area contributed by atoms with E-state index < -0.39 is 10.9 Å². The molecule has 0 aromatic carbocycles. The second-order valence-corrected chi connectivity index (χ2v) is 8.16. The molecule has 136 valence electrons. The van der Waals surface area contributed by atoms with Crippen LogP contribution >= 0.6 is 11.6 Å². The number of nitrogens with zero attached hydrogens (tertiary/aromatic N) is 5. The molecule has 8 nitrogen and oxygen atoms in total. The van der Waals surface area contributed by atoms with Gasteiger partial charge in [0.1, 0.15) is 17.0 Å². The van der Waals surface area contributed by atoms with Crippen LogP contribution in [0.4, 0.5) is 5.82 Å². The maximum atomic E-state index is 11.3. The van der Waals surface area contributed by atoms with E-state index in [4.69, 9.17) is 11.6 Å². The Hall–Kier alpha value is -1.42. The van der Waals surface area contributed by atoms with Crippen molar-refractivity contribution in [3.05, 3.63) is 23.1 Å².